The molecule has 0 radical (unpaired) electrons. The van der Waals surface area contributed by atoms with Crippen molar-refractivity contribution in [2.24, 2.45) is 5.92 Å². The molecule has 2 N–H and O–H groups in total. The third kappa shape index (κ3) is 1.00. The van der Waals surface area contributed by atoms with E-state index in [9.17, 15) is 10.2 Å². The van der Waals surface area contributed by atoms with Crippen molar-refractivity contribution in [1.29, 1.82) is 0 Å². The summed E-state index contributed by atoms with van der Waals surface area (Å²) in [5.41, 5.74) is 0.736. The van der Waals surface area contributed by atoms with E-state index in [-0.39, 0.29) is 5.92 Å². The molecule has 1 rings (SSSR count). The molecule has 10 heavy (non-hydrogen) atoms. The number of aliphatic hydroxyl groups is 2. The first-order valence-corrected chi connectivity index (χ1v) is 3.37. The lowest BCUT2D eigenvalue weighted by molar-refractivity contribution is 0.0879. The lowest BCUT2D eigenvalue weighted by Crippen LogP contribution is -2.21. The van der Waals surface area contributed by atoms with Crippen molar-refractivity contribution < 1.29 is 10.2 Å². The van der Waals surface area contributed by atoms with Gasteiger partial charge < -0.3 is 10.2 Å². The van der Waals surface area contributed by atoms with Crippen molar-refractivity contribution >= 4 is 0 Å². The van der Waals surface area contributed by atoms with Crippen molar-refractivity contribution in [2.45, 2.75) is 19.1 Å². The minimum atomic E-state index is -0.535. The molecule has 0 aromatic carbocycles. The Labute approximate surface area is 60.5 Å². The fourth-order valence-corrected chi connectivity index (χ4v) is 1.13. The van der Waals surface area contributed by atoms with Gasteiger partial charge in [0, 0.05) is 5.92 Å². The van der Waals surface area contributed by atoms with Crippen molar-refractivity contribution in [3.63, 3.8) is 0 Å². The molecule has 0 bridgehead atoms. The van der Waals surface area contributed by atoms with E-state index >= 15 is 0 Å². The van der Waals surface area contributed by atoms with Crippen LogP contribution in [-0.2, 0) is 0 Å². The molecular weight excluding hydrogens is 128 g/mol. The largest absolute Gasteiger partial charge is 0.389 e. The number of hydrogen-bond acceptors (Lipinski definition) is 2. The van der Waals surface area contributed by atoms with Gasteiger partial charge in [-0.05, 0) is 5.57 Å². The zero-order valence-electron chi connectivity index (χ0n) is 5.99. The summed E-state index contributed by atoms with van der Waals surface area (Å²) in [6.07, 6.45) is 2.18. The minimum Gasteiger partial charge on any atom is -0.389 e. The molecule has 0 amide bonds. The summed E-state index contributed by atoms with van der Waals surface area (Å²) >= 11 is 0. The minimum absolute atomic E-state index is 0.0898. The van der Waals surface area contributed by atoms with E-state index in [2.05, 4.69) is 6.58 Å². The Balaban J connectivity index is 2.77. The highest BCUT2D eigenvalue weighted by Crippen LogP contribution is 2.25. The highest BCUT2D eigenvalue weighted by Gasteiger charge is 2.29. The van der Waals surface area contributed by atoms with Gasteiger partial charge in [-0.15, -0.1) is 0 Å². The predicted molar refractivity (Wildman–Crippen MR) is 39.5 cm³/mol. The topological polar surface area (TPSA) is 40.5 Å². The molecule has 1 aliphatic rings. The Hall–Kier alpha value is -0.600. The predicted octanol–water partition coefficient (Wildman–Crippen LogP) is 0.470. The molecule has 0 fully saturated rings. The first-order valence-electron chi connectivity index (χ1n) is 3.37. The van der Waals surface area contributed by atoms with Crippen molar-refractivity contribution in [3.05, 3.63) is 24.3 Å². The van der Waals surface area contributed by atoms with E-state index in [0.717, 1.165) is 5.57 Å². The molecule has 0 heterocycles. The molecule has 0 spiro atoms. The standard InChI is InChI=1S/C8H12O2/c1-3-6-4-7(9)5(2)8(6)10/h3-5,7-10H,1H2,2H3/t5-,7+,8+/m0/s1. The third-order valence-corrected chi connectivity index (χ3v) is 1.98. The average Bonchev–Trinajstić information content (AvgIpc) is 2.17. The van der Waals surface area contributed by atoms with E-state index in [1.54, 1.807) is 12.2 Å². The molecule has 0 aliphatic heterocycles. The molecule has 0 aromatic rings. The van der Waals surface area contributed by atoms with Crippen LogP contribution in [0.5, 0.6) is 0 Å². The first kappa shape index (κ1) is 7.51. The lowest BCUT2D eigenvalue weighted by atomic mass is 10.0. The van der Waals surface area contributed by atoms with E-state index in [1.807, 2.05) is 6.92 Å². The van der Waals surface area contributed by atoms with Crippen LogP contribution in [0.4, 0.5) is 0 Å². The smallest absolute Gasteiger partial charge is 0.0841 e. The van der Waals surface area contributed by atoms with Crippen molar-refractivity contribution in [2.75, 3.05) is 0 Å². The first-order chi connectivity index (χ1) is 4.66. The third-order valence-electron chi connectivity index (χ3n) is 1.98. The van der Waals surface area contributed by atoms with Crippen LogP contribution in [0.1, 0.15) is 6.92 Å². The van der Waals surface area contributed by atoms with Gasteiger partial charge in [0.05, 0.1) is 12.2 Å². The highest BCUT2D eigenvalue weighted by atomic mass is 16.3. The Morgan fingerprint density at radius 2 is 2.20 bits per heavy atom. The Morgan fingerprint density at radius 1 is 1.60 bits per heavy atom. The SMILES string of the molecule is C=CC1=C[C@@H](O)[C@H](C)[C@H]1O. The zero-order chi connectivity index (χ0) is 7.72. The molecule has 3 atom stereocenters. The van der Waals surface area contributed by atoms with Crippen LogP contribution >= 0.6 is 0 Å². The molecule has 0 saturated carbocycles. The Kier molecular flexibility index (Phi) is 1.92. The quantitative estimate of drug-likeness (QED) is 0.556. The normalized spacial score (nSPS) is 39.5. The summed E-state index contributed by atoms with van der Waals surface area (Å²) in [5, 5.41) is 18.5. The molecule has 0 saturated heterocycles. The average molecular weight is 140 g/mol. The Morgan fingerprint density at radius 3 is 2.40 bits per heavy atom. The van der Waals surface area contributed by atoms with Gasteiger partial charge in [0.2, 0.25) is 0 Å². The van der Waals surface area contributed by atoms with E-state index < -0.39 is 12.2 Å². The van der Waals surface area contributed by atoms with Gasteiger partial charge in [-0.3, -0.25) is 0 Å². The van der Waals surface area contributed by atoms with Crippen LogP contribution in [0.15, 0.2) is 24.3 Å². The summed E-state index contributed by atoms with van der Waals surface area (Å²) < 4.78 is 0. The van der Waals surface area contributed by atoms with Crippen molar-refractivity contribution in [1.82, 2.24) is 0 Å². The Bertz CT molecular complexity index is 172. The second-order valence-electron chi connectivity index (χ2n) is 2.67. The summed E-state index contributed by atoms with van der Waals surface area (Å²) in [6.45, 7) is 5.33. The number of aliphatic hydroxyl groups excluding tert-OH is 2. The summed E-state index contributed by atoms with van der Waals surface area (Å²) in [6, 6.07) is 0. The maximum absolute atomic E-state index is 9.33. The van der Waals surface area contributed by atoms with E-state index in [1.165, 1.54) is 0 Å². The lowest BCUT2D eigenvalue weighted by Gasteiger charge is -2.12. The van der Waals surface area contributed by atoms with Crippen LogP contribution in [0, 0.1) is 5.92 Å². The zero-order valence-corrected chi connectivity index (χ0v) is 5.99. The molecule has 56 valence electrons. The molecule has 0 unspecified atom stereocenters. The summed E-state index contributed by atoms with van der Waals surface area (Å²) in [4.78, 5) is 0. The molecule has 2 nitrogen and oxygen atoms in total. The fraction of sp³-hybridized carbons (Fsp3) is 0.500. The van der Waals surface area contributed by atoms with Gasteiger partial charge in [-0.2, -0.15) is 0 Å². The molecule has 0 aromatic heterocycles. The molecule has 2 heteroatoms. The maximum atomic E-state index is 9.33. The van der Waals surface area contributed by atoms with E-state index in [4.69, 9.17) is 0 Å². The van der Waals surface area contributed by atoms with Crippen LogP contribution in [-0.4, -0.2) is 22.4 Å². The second-order valence-corrected chi connectivity index (χ2v) is 2.67. The van der Waals surface area contributed by atoms with Gasteiger partial charge >= 0.3 is 0 Å². The van der Waals surface area contributed by atoms with Gasteiger partial charge in [0.1, 0.15) is 0 Å². The van der Waals surface area contributed by atoms with Gasteiger partial charge in [0.15, 0.2) is 0 Å². The molecular formula is C8H12O2. The summed E-state index contributed by atoms with van der Waals surface area (Å²) in [7, 11) is 0. The summed E-state index contributed by atoms with van der Waals surface area (Å²) in [5.74, 6) is -0.0898. The highest BCUT2D eigenvalue weighted by molar-refractivity contribution is 5.28. The second kappa shape index (κ2) is 2.56. The van der Waals surface area contributed by atoms with E-state index in [0.29, 0.717) is 0 Å². The number of hydrogen-bond donors (Lipinski definition) is 2. The maximum Gasteiger partial charge on any atom is 0.0841 e. The van der Waals surface area contributed by atoms with Crippen molar-refractivity contribution in [3.8, 4) is 0 Å². The fourth-order valence-electron chi connectivity index (χ4n) is 1.13. The monoisotopic (exact) mass is 140 g/mol. The van der Waals surface area contributed by atoms with Crippen LogP contribution in [0.25, 0.3) is 0 Å². The van der Waals surface area contributed by atoms with Gasteiger partial charge in [-0.1, -0.05) is 25.7 Å². The molecule has 1 aliphatic carbocycles. The number of rotatable bonds is 1. The van der Waals surface area contributed by atoms with Crippen LogP contribution in [0.3, 0.4) is 0 Å². The van der Waals surface area contributed by atoms with Crippen LogP contribution < -0.4 is 0 Å². The van der Waals surface area contributed by atoms with Gasteiger partial charge in [0.25, 0.3) is 0 Å². The van der Waals surface area contributed by atoms with Crippen LogP contribution in [0.2, 0.25) is 0 Å². The van der Waals surface area contributed by atoms with Gasteiger partial charge in [-0.25, -0.2) is 0 Å².